The highest BCUT2D eigenvalue weighted by atomic mass is 35.5. The van der Waals surface area contributed by atoms with Gasteiger partial charge in [0.05, 0.1) is 0 Å². The molecular weight excluding hydrogens is 268 g/mol. The fraction of sp³-hybridized carbons (Fsp3) is 0.647. The number of nitrogens with zero attached hydrogens (tertiary/aromatic N) is 1. The summed E-state index contributed by atoms with van der Waals surface area (Å²) in [5.41, 5.74) is 1.20. The van der Waals surface area contributed by atoms with Gasteiger partial charge in [0, 0.05) is 11.1 Å². The molecule has 1 atom stereocenters. The topological polar surface area (TPSA) is 15.3 Å². The van der Waals surface area contributed by atoms with Crippen molar-refractivity contribution in [3.63, 3.8) is 0 Å². The van der Waals surface area contributed by atoms with Crippen LogP contribution in [0.2, 0.25) is 5.02 Å². The van der Waals surface area contributed by atoms with Gasteiger partial charge in [-0.15, -0.1) is 0 Å². The number of hydrogen-bond donors (Lipinski definition) is 1. The van der Waals surface area contributed by atoms with E-state index in [2.05, 4.69) is 30.1 Å². The zero-order chi connectivity index (χ0) is 14.4. The van der Waals surface area contributed by atoms with Gasteiger partial charge in [-0.2, -0.15) is 0 Å². The fourth-order valence-electron chi connectivity index (χ4n) is 2.84. The molecular formula is C17H27ClN2. The lowest BCUT2D eigenvalue weighted by Crippen LogP contribution is -2.35. The molecule has 0 amide bonds. The molecule has 1 aliphatic rings. The van der Waals surface area contributed by atoms with Crippen molar-refractivity contribution in [1.82, 2.24) is 10.2 Å². The highest BCUT2D eigenvalue weighted by Crippen LogP contribution is 2.22. The van der Waals surface area contributed by atoms with Crippen molar-refractivity contribution >= 4 is 11.6 Å². The van der Waals surface area contributed by atoms with Gasteiger partial charge in [0.1, 0.15) is 0 Å². The van der Waals surface area contributed by atoms with Gasteiger partial charge in [0.25, 0.3) is 0 Å². The molecule has 0 aromatic heterocycles. The van der Waals surface area contributed by atoms with E-state index in [0.717, 1.165) is 17.5 Å². The largest absolute Gasteiger partial charge is 0.310 e. The molecule has 1 N–H and O–H groups in total. The Balaban J connectivity index is 1.65. The predicted molar refractivity (Wildman–Crippen MR) is 87.3 cm³/mol. The number of rotatable bonds is 6. The van der Waals surface area contributed by atoms with Crippen LogP contribution in [0.3, 0.4) is 0 Å². The Kier molecular flexibility index (Phi) is 6.34. The van der Waals surface area contributed by atoms with E-state index in [1.165, 1.54) is 44.5 Å². The third kappa shape index (κ3) is 4.76. The van der Waals surface area contributed by atoms with Crippen LogP contribution in [0.5, 0.6) is 0 Å². The van der Waals surface area contributed by atoms with Gasteiger partial charge in [0.15, 0.2) is 0 Å². The summed E-state index contributed by atoms with van der Waals surface area (Å²) in [6, 6.07) is 8.42. The summed E-state index contributed by atoms with van der Waals surface area (Å²) >= 11 is 6.22. The number of nitrogens with one attached hydrogen (secondary N) is 1. The van der Waals surface area contributed by atoms with Crippen LogP contribution in [-0.2, 0) is 0 Å². The maximum Gasteiger partial charge on any atom is 0.0453 e. The first-order valence-electron chi connectivity index (χ1n) is 7.87. The van der Waals surface area contributed by atoms with Crippen LogP contribution >= 0.6 is 11.6 Å². The maximum absolute atomic E-state index is 6.22. The molecule has 1 unspecified atom stereocenters. The van der Waals surface area contributed by atoms with E-state index in [9.17, 15) is 0 Å². The third-order valence-corrected chi connectivity index (χ3v) is 4.69. The summed E-state index contributed by atoms with van der Waals surface area (Å²) in [5, 5.41) is 4.44. The van der Waals surface area contributed by atoms with Crippen molar-refractivity contribution in [2.75, 3.05) is 26.2 Å². The molecule has 0 aliphatic carbocycles. The summed E-state index contributed by atoms with van der Waals surface area (Å²) in [4.78, 5) is 2.60. The van der Waals surface area contributed by atoms with Crippen LogP contribution in [0.1, 0.15) is 44.7 Å². The zero-order valence-electron chi connectivity index (χ0n) is 12.7. The van der Waals surface area contributed by atoms with Crippen LogP contribution in [-0.4, -0.2) is 31.1 Å². The molecule has 0 bridgehead atoms. The lowest BCUT2D eigenvalue weighted by Gasteiger charge is -2.30. The van der Waals surface area contributed by atoms with Crippen molar-refractivity contribution in [2.24, 2.45) is 5.92 Å². The van der Waals surface area contributed by atoms with Crippen molar-refractivity contribution in [3.8, 4) is 0 Å². The monoisotopic (exact) mass is 294 g/mol. The van der Waals surface area contributed by atoms with Crippen molar-refractivity contribution in [3.05, 3.63) is 34.9 Å². The molecule has 1 saturated heterocycles. The molecule has 1 heterocycles. The molecule has 1 fully saturated rings. The van der Waals surface area contributed by atoms with Gasteiger partial charge in [-0.3, -0.25) is 0 Å². The second-order valence-electron chi connectivity index (χ2n) is 6.08. The molecule has 1 aliphatic heterocycles. The Morgan fingerprint density at radius 1 is 1.30 bits per heavy atom. The van der Waals surface area contributed by atoms with Gasteiger partial charge in [0.2, 0.25) is 0 Å². The van der Waals surface area contributed by atoms with E-state index in [1.807, 2.05) is 18.2 Å². The SMILES string of the molecule is CC1CCN(CCCNC(C)c2ccccc2Cl)CC1. The zero-order valence-corrected chi connectivity index (χ0v) is 13.5. The van der Waals surface area contributed by atoms with Crippen molar-refractivity contribution in [1.29, 1.82) is 0 Å². The second-order valence-corrected chi connectivity index (χ2v) is 6.48. The third-order valence-electron chi connectivity index (χ3n) is 4.35. The van der Waals surface area contributed by atoms with E-state index in [-0.39, 0.29) is 0 Å². The van der Waals surface area contributed by atoms with Crippen LogP contribution in [0, 0.1) is 5.92 Å². The minimum absolute atomic E-state index is 0.324. The normalized spacial score (nSPS) is 19.1. The fourth-order valence-corrected chi connectivity index (χ4v) is 3.14. The Hall–Kier alpha value is -0.570. The predicted octanol–water partition coefficient (Wildman–Crippen LogP) is 4.11. The Bertz CT molecular complexity index is 400. The Morgan fingerprint density at radius 3 is 2.70 bits per heavy atom. The summed E-state index contributed by atoms with van der Waals surface area (Å²) in [6.07, 6.45) is 3.94. The van der Waals surface area contributed by atoms with Gasteiger partial charge >= 0.3 is 0 Å². The van der Waals surface area contributed by atoms with E-state index < -0.39 is 0 Å². The number of likely N-dealkylation sites (tertiary alicyclic amines) is 1. The molecule has 112 valence electrons. The van der Waals surface area contributed by atoms with Crippen molar-refractivity contribution < 1.29 is 0 Å². The van der Waals surface area contributed by atoms with Crippen LogP contribution in [0.15, 0.2) is 24.3 Å². The summed E-state index contributed by atoms with van der Waals surface area (Å²) in [5.74, 6) is 0.921. The van der Waals surface area contributed by atoms with Crippen LogP contribution < -0.4 is 5.32 Å². The highest BCUT2D eigenvalue weighted by Gasteiger charge is 2.15. The molecule has 1 aromatic carbocycles. The van der Waals surface area contributed by atoms with Crippen LogP contribution in [0.4, 0.5) is 0 Å². The minimum atomic E-state index is 0.324. The van der Waals surface area contributed by atoms with Gasteiger partial charge in [-0.05, 0) is 69.9 Å². The van der Waals surface area contributed by atoms with E-state index >= 15 is 0 Å². The number of halogens is 1. The quantitative estimate of drug-likeness (QED) is 0.794. The lowest BCUT2D eigenvalue weighted by atomic mass is 9.99. The summed E-state index contributed by atoms with van der Waals surface area (Å²) in [7, 11) is 0. The van der Waals surface area contributed by atoms with E-state index in [4.69, 9.17) is 11.6 Å². The first-order chi connectivity index (χ1) is 9.66. The Labute approximate surface area is 128 Å². The van der Waals surface area contributed by atoms with E-state index in [0.29, 0.717) is 6.04 Å². The lowest BCUT2D eigenvalue weighted by molar-refractivity contribution is 0.190. The molecule has 0 spiro atoms. The Morgan fingerprint density at radius 2 is 2.00 bits per heavy atom. The molecule has 20 heavy (non-hydrogen) atoms. The smallest absolute Gasteiger partial charge is 0.0453 e. The molecule has 2 nitrogen and oxygen atoms in total. The van der Waals surface area contributed by atoms with E-state index in [1.54, 1.807) is 0 Å². The van der Waals surface area contributed by atoms with Gasteiger partial charge < -0.3 is 10.2 Å². The summed E-state index contributed by atoms with van der Waals surface area (Å²) < 4.78 is 0. The standard InChI is InChI=1S/C17H27ClN2/c1-14-8-12-20(13-9-14)11-5-10-19-15(2)16-6-3-4-7-17(16)18/h3-4,6-7,14-15,19H,5,8-13H2,1-2H3. The molecule has 0 saturated carbocycles. The first kappa shape index (κ1) is 15.8. The average Bonchev–Trinajstić information content (AvgIpc) is 2.46. The molecule has 1 aromatic rings. The average molecular weight is 295 g/mol. The number of hydrogen-bond acceptors (Lipinski definition) is 2. The first-order valence-corrected chi connectivity index (χ1v) is 8.25. The number of benzene rings is 1. The van der Waals surface area contributed by atoms with Gasteiger partial charge in [-0.25, -0.2) is 0 Å². The maximum atomic E-state index is 6.22. The molecule has 3 heteroatoms. The van der Waals surface area contributed by atoms with Crippen molar-refractivity contribution in [2.45, 2.75) is 39.2 Å². The minimum Gasteiger partial charge on any atom is -0.310 e. The second kappa shape index (κ2) is 8.02. The molecule has 2 rings (SSSR count). The summed E-state index contributed by atoms with van der Waals surface area (Å²) in [6.45, 7) is 9.38. The molecule has 0 radical (unpaired) electrons. The highest BCUT2D eigenvalue weighted by molar-refractivity contribution is 6.31. The van der Waals surface area contributed by atoms with Gasteiger partial charge in [-0.1, -0.05) is 36.7 Å². The number of piperidine rings is 1. The van der Waals surface area contributed by atoms with Crippen LogP contribution in [0.25, 0.3) is 0 Å².